The van der Waals surface area contributed by atoms with Crippen LogP contribution in [0.3, 0.4) is 0 Å². The predicted molar refractivity (Wildman–Crippen MR) is 125 cm³/mol. The number of rotatable bonds is 7. The number of hydrogen-bond acceptors (Lipinski definition) is 6. The van der Waals surface area contributed by atoms with E-state index in [1.165, 1.54) is 22.1 Å². The molecule has 0 spiro atoms. The van der Waals surface area contributed by atoms with Gasteiger partial charge in [-0.3, -0.25) is 4.79 Å². The SMILES string of the molecule is CCn1c(SCC(=O)Nc2ccc(C)c(F)c2)nc2cc(S(=O)(=O)N3CCOCC3)ccc21. The predicted octanol–water partition coefficient (Wildman–Crippen LogP) is 3.26. The van der Waals surface area contributed by atoms with Gasteiger partial charge in [-0.2, -0.15) is 4.31 Å². The van der Waals surface area contributed by atoms with Crippen molar-refractivity contribution < 1.29 is 22.3 Å². The van der Waals surface area contributed by atoms with Crippen molar-refractivity contribution >= 4 is 44.4 Å². The molecule has 2 heterocycles. The Morgan fingerprint density at radius 2 is 1.97 bits per heavy atom. The molecule has 2 aromatic carbocycles. The molecule has 176 valence electrons. The molecule has 11 heteroatoms. The molecule has 33 heavy (non-hydrogen) atoms. The second kappa shape index (κ2) is 9.80. The summed E-state index contributed by atoms with van der Waals surface area (Å²) in [6.45, 7) is 5.63. The van der Waals surface area contributed by atoms with Crippen LogP contribution in [0.25, 0.3) is 11.0 Å². The highest BCUT2D eigenvalue weighted by Crippen LogP contribution is 2.28. The molecule has 0 unspecified atom stereocenters. The first kappa shape index (κ1) is 23.7. The largest absolute Gasteiger partial charge is 0.379 e. The Kier molecular flexibility index (Phi) is 7.03. The summed E-state index contributed by atoms with van der Waals surface area (Å²) in [5.41, 5.74) is 2.25. The second-order valence-corrected chi connectivity index (χ2v) is 10.5. The second-order valence-electron chi connectivity index (χ2n) is 7.61. The molecule has 0 atom stereocenters. The summed E-state index contributed by atoms with van der Waals surface area (Å²) in [6.07, 6.45) is 0. The number of morpholine rings is 1. The van der Waals surface area contributed by atoms with Gasteiger partial charge in [0, 0.05) is 25.3 Å². The normalized spacial score (nSPS) is 15.1. The van der Waals surface area contributed by atoms with Crippen LogP contribution in [0.4, 0.5) is 10.1 Å². The summed E-state index contributed by atoms with van der Waals surface area (Å²) < 4.78 is 48.3. The number of benzene rings is 2. The third-order valence-corrected chi connectivity index (χ3v) is 8.27. The highest BCUT2D eigenvalue weighted by atomic mass is 32.2. The van der Waals surface area contributed by atoms with Crippen LogP contribution in [-0.4, -0.2) is 60.2 Å². The van der Waals surface area contributed by atoms with E-state index in [2.05, 4.69) is 10.3 Å². The van der Waals surface area contributed by atoms with Gasteiger partial charge in [-0.25, -0.2) is 17.8 Å². The number of ether oxygens (including phenoxy) is 1. The van der Waals surface area contributed by atoms with Gasteiger partial charge >= 0.3 is 0 Å². The van der Waals surface area contributed by atoms with Crippen LogP contribution in [0.5, 0.6) is 0 Å². The van der Waals surface area contributed by atoms with Crippen LogP contribution in [0.15, 0.2) is 46.5 Å². The van der Waals surface area contributed by atoms with Crippen LogP contribution in [0, 0.1) is 12.7 Å². The molecular weight excluding hydrogens is 467 g/mol. The molecule has 1 aliphatic rings. The minimum absolute atomic E-state index is 0.0811. The molecule has 1 aromatic heterocycles. The lowest BCUT2D eigenvalue weighted by Crippen LogP contribution is -2.40. The first-order valence-corrected chi connectivity index (χ1v) is 13.0. The molecule has 1 amide bonds. The quantitative estimate of drug-likeness (QED) is 0.509. The molecule has 0 radical (unpaired) electrons. The fraction of sp³-hybridized carbons (Fsp3) is 0.364. The third-order valence-electron chi connectivity index (χ3n) is 5.40. The lowest BCUT2D eigenvalue weighted by molar-refractivity contribution is -0.113. The van der Waals surface area contributed by atoms with Gasteiger partial charge in [0.15, 0.2) is 5.16 Å². The smallest absolute Gasteiger partial charge is 0.243 e. The zero-order chi connectivity index (χ0) is 23.6. The van der Waals surface area contributed by atoms with Crippen LogP contribution in [-0.2, 0) is 26.1 Å². The van der Waals surface area contributed by atoms with Crippen molar-refractivity contribution in [1.82, 2.24) is 13.9 Å². The number of nitrogens with zero attached hydrogens (tertiary/aromatic N) is 3. The van der Waals surface area contributed by atoms with E-state index in [0.29, 0.717) is 54.8 Å². The molecule has 0 bridgehead atoms. The first-order valence-electron chi connectivity index (χ1n) is 10.6. The van der Waals surface area contributed by atoms with Gasteiger partial charge in [0.2, 0.25) is 15.9 Å². The van der Waals surface area contributed by atoms with Crippen molar-refractivity contribution in [3.8, 4) is 0 Å². The Bertz CT molecular complexity index is 1290. The number of nitrogens with one attached hydrogen (secondary N) is 1. The Morgan fingerprint density at radius 1 is 1.21 bits per heavy atom. The number of aryl methyl sites for hydroxylation is 2. The molecule has 0 saturated carbocycles. The lowest BCUT2D eigenvalue weighted by Gasteiger charge is -2.26. The molecule has 1 N–H and O–H groups in total. The first-order chi connectivity index (χ1) is 15.8. The molecular formula is C22H25FN4O4S2. The molecule has 8 nitrogen and oxygen atoms in total. The molecule has 3 aromatic rings. The van der Waals surface area contributed by atoms with Gasteiger partial charge < -0.3 is 14.6 Å². The highest BCUT2D eigenvalue weighted by molar-refractivity contribution is 7.99. The van der Waals surface area contributed by atoms with E-state index in [0.717, 1.165) is 5.52 Å². The maximum atomic E-state index is 13.7. The van der Waals surface area contributed by atoms with Gasteiger partial charge in [-0.05, 0) is 49.7 Å². The van der Waals surface area contributed by atoms with Crippen molar-refractivity contribution in [1.29, 1.82) is 0 Å². The number of halogens is 1. The Hall–Kier alpha value is -2.47. The summed E-state index contributed by atoms with van der Waals surface area (Å²) >= 11 is 1.24. The van der Waals surface area contributed by atoms with E-state index in [1.54, 1.807) is 37.3 Å². The van der Waals surface area contributed by atoms with E-state index < -0.39 is 10.0 Å². The summed E-state index contributed by atoms with van der Waals surface area (Å²) in [5, 5.41) is 3.29. The lowest BCUT2D eigenvalue weighted by atomic mass is 10.2. The van der Waals surface area contributed by atoms with Crippen molar-refractivity contribution in [2.75, 3.05) is 37.4 Å². The number of carbonyl (C=O) groups is 1. The van der Waals surface area contributed by atoms with Gasteiger partial charge in [-0.15, -0.1) is 0 Å². The number of fused-ring (bicyclic) bond motifs is 1. The van der Waals surface area contributed by atoms with Crippen LogP contribution in [0.2, 0.25) is 0 Å². The number of thioether (sulfide) groups is 1. The number of sulfonamides is 1. The van der Waals surface area contributed by atoms with Crippen molar-refractivity contribution in [2.24, 2.45) is 0 Å². The zero-order valence-electron chi connectivity index (χ0n) is 18.4. The summed E-state index contributed by atoms with van der Waals surface area (Å²) in [6, 6.07) is 9.46. The summed E-state index contributed by atoms with van der Waals surface area (Å²) in [4.78, 5) is 17.1. The average Bonchev–Trinajstić information content (AvgIpc) is 3.17. The monoisotopic (exact) mass is 492 g/mol. The van der Waals surface area contributed by atoms with Crippen LogP contribution in [0.1, 0.15) is 12.5 Å². The number of amides is 1. The number of anilines is 1. The average molecular weight is 493 g/mol. The fourth-order valence-corrected chi connectivity index (χ4v) is 5.90. The minimum atomic E-state index is -3.63. The number of hydrogen-bond donors (Lipinski definition) is 1. The molecule has 0 aliphatic carbocycles. The van der Waals surface area contributed by atoms with E-state index in [-0.39, 0.29) is 22.4 Å². The number of carbonyl (C=O) groups excluding carboxylic acids is 1. The van der Waals surface area contributed by atoms with Crippen molar-refractivity contribution in [3.63, 3.8) is 0 Å². The maximum Gasteiger partial charge on any atom is 0.243 e. The summed E-state index contributed by atoms with van der Waals surface area (Å²) in [5.74, 6) is -0.581. The fourth-order valence-electron chi connectivity index (χ4n) is 3.60. The van der Waals surface area contributed by atoms with Gasteiger partial charge in [0.1, 0.15) is 5.82 Å². The Labute approximate surface area is 196 Å². The van der Waals surface area contributed by atoms with Gasteiger partial charge in [0.25, 0.3) is 0 Å². The summed E-state index contributed by atoms with van der Waals surface area (Å²) in [7, 11) is -3.63. The standard InChI is InChI=1S/C22H25FN4O4S2/c1-3-27-20-7-6-17(33(29,30)26-8-10-31-11-9-26)13-19(20)25-22(27)32-14-21(28)24-16-5-4-15(2)18(23)12-16/h4-7,12-13H,3,8-11,14H2,1-2H3,(H,24,28). The Morgan fingerprint density at radius 3 is 2.67 bits per heavy atom. The molecule has 4 rings (SSSR count). The highest BCUT2D eigenvalue weighted by Gasteiger charge is 2.27. The molecule has 1 saturated heterocycles. The molecule has 1 aliphatic heterocycles. The third kappa shape index (κ3) is 5.06. The zero-order valence-corrected chi connectivity index (χ0v) is 20.0. The molecule has 1 fully saturated rings. The minimum Gasteiger partial charge on any atom is -0.379 e. The topological polar surface area (TPSA) is 93.5 Å². The van der Waals surface area contributed by atoms with Crippen molar-refractivity contribution in [2.45, 2.75) is 30.4 Å². The van der Waals surface area contributed by atoms with Crippen LogP contribution < -0.4 is 5.32 Å². The van der Waals surface area contributed by atoms with Crippen molar-refractivity contribution in [3.05, 3.63) is 47.8 Å². The van der Waals surface area contributed by atoms with Gasteiger partial charge in [-0.1, -0.05) is 17.8 Å². The van der Waals surface area contributed by atoms with E-state index in [4.69, 9.17) is 4.74 Å². The van der Waals surface area contributed by atoms with E-state index >= 15 is 0 Å². The number of aromatic nitrogens is 2. The van der Waals surface area contributed by atoms with E-state index in [1.807, 2.05) is 11.5 Å². The maximum absolute atomic E-state index is 13.7. The Balaban J connectivity index is 1.51. The number of imidazole rings is 1. The van der Waals surface area contributed by atoms with E-state index in [9.17, 15) is 17.6 Å². The van der Waals surface area contributed by atoms with Gasteiger partial charge in [0.05, 0.1) is 34.9 Å². The van der Waals surface area contributed by atoms with Crippen LogP contribution >= 0.6 is 11.8 Å².